The smallest absolute Gasteiger partial charge is 0.191 e. The average Bonchev–Trinajstić information content (AvgIpc) is 3.48. The number of ether oxygens (including phenoxy) is 1. The van der Waals surface area contributed by atoms with Crippen LogP contribution in [0.4, 0.5) is 4.39 Å². The van der Waals surface area contributed by atoms with Crippen molar-refractivity contribution in [2.45, 2.75) is 23.0 Å². The second kappa shape index (κ2) is 10.2. The molecular weight excluding hydrogens is 465 g/mol. The molecule has 0 aliphatic heterocycles. The van der Waals surface area contributed by atoms with Crippen molar-refractivity contribution in [2.75, 3.05) is 18.6 Å². The first-order chi connectivity index (χ1) is 16.0. The summed E-state index contributed by atoms with van der Waals surface area (Å²) in [6.07, 6.45) is 2.02. The number of furan rings is 1. The van der Waals surface area contributed by atoms with Gasteiger partial charge in [0.15, 0.2) is 20.8 Å². The normalized spacial score (nSPS) is 11.6. The van der Waals surface area contributed by atoms with Gasteiger partial charge in [0.2, 0.25) is 0 Å². The minimum atomic E-state index is -3.48. The van der Waals surface area contributed by atoms with Crippen molar-refractivity contribution in [1.29, 1.82) is 0 Å². The van der Waals surface area contributed by atoms with Crippen LogP contribution < -0.4 is 4.74 Å². The maximum absolute atomic E-state index is 13.1. The molecule has 0 radical (unpaired) electrons. The van der Waals surface area contributed by atoms with E-state index >= 15 is 0 Å². The molecule has 2 aromatic carbocycles. The number of thioether (sulfide) groups is 1. The molecule has 4 rings (SSSR count). The van der Waals surface area contributed by atoms with Crippen molar-refractivity contribution < 1.29 is 22.0 Å². The Balaban J connectivity index is 1.49. The SMILES string of the molecule is COc1cccc(-c2nnc(SCCCS(=O)(=O)c3ccc(F)cc3)n2Cc2ccco2)c1. The maximum Gasteiger partial charge on any atom is 0.191 e. The summed E-state index contributed by atoms with van der Waals surface area (Å²) in [6.45, 7) is 0.433. The third kappa shape index (κ3) is 5.63. The number of methoxy groups -OCH3 is 1. The van der Waals surface area contributed by atoms with Crippen LogP contribution in [-0.2, 0) is 16.4 Å². The molecule has 10 heteroatoms. The van der Waals surface area contributed by atoms with Gasteiger partial charge in [0.25, 0.3) is 0 Å². The minimum Gasteiger partial charge on any atom is -0.497 e. The highest BCUT2D eigenvalue weighted by atomic mass is 32.2. The van der Waals surface area contributed by atoms with E-state index in [1.165, 1.54) is 23.9 Å². The molecule has 172 valence electrons. The van der Waals surface area contributed by atoms with Gasteiger partial charge in [0.1, 0.15) is 17.3 Å². The van der Waals surface area contributed by atoms with Crippen LogP contribution in [0.2, 0.25) is 0 Å². The molecule has 0 fully saturated rings. The summed E-state index contributed by atoms with van der Waals surface area (Å²) >= 11 is 1.42. The van der Waals surface area contributed by atoms with Gasteiger partial charge in [0, 0.05) is 11.3 Å². The molecule has 0 unspecified atom stereocenters. The summed E-state index contributed by atoms with van der Waals surface area (Å²) in [4.78, 5) is 0.121. The molecule has 0 spiro atoms. The summed E-state index contributed by atoms with van der Waals surface area (Å²) in [5.74, 6) is 2.13. The quantitative estimate of drug-likeness (QED) is 0.182. The zero-order valence-electron chi connectivity index (χ0n) is 17.8. The van der Waals surface area contributed by atoms with Gasteiger partial charge in [-0.25, -0.2) is 12.8 Å². The predicted molar refractivity (Wildman–Crippen MR) is 124 cm³/mol. The zero-order chi connectivity index (χ0) is 23.3. The summed E-state index contributed by atoms with van der Waals surface area (Å²) in [7, 11) is -1.87. The third-order valence-electron chi connectivity index (χ3n) is 4.90. The molecule has 0 amide bonds. The fourth-order valence-electron chi connectivity index (χ4n) is 3.24. The molecule has 2 heterocycles. The monoisotopic (exact) mass is 487 g/mol. The van der Waals surface area contributed by atoms with Crippen LogP contribution in [0.3, 0.4) is 0 Å². The predicted octanol–water partition coefficient (Wildman–Crippen LogP) is 4.69. The van der Waals surface area contributed by atoms with Crippen molar-refractivity contribution in [2.24, 2.45) is 0 Å². The van der Waals surface area contributed by atoms with Gasteiger partial charge in [-0.2, -0.15) is 0 Å². The summed E-state index contributed by atoms with van der Waals surface area (Å²) in [5, 5.41) is 9.36. The van der Waals surface area contributed by atoms with Gasteiger partial charge in [-0.3, -0.25) is 4.57 Å². The number of sulfone groups is 1. The van der Waals surface area contributed by atoms with E-state index in [1.54, 1.807) is 13.4 Å². The number of rotatable bonds is 10. The fourth-order valence-corrected chi connectivity index (χ4v) is 5.61. The van der Waals surface area contributed by atoms with Gasteiger partial charge in [-0.15, -0.1) is 10.2 Å². The van der Waals surface area contributed by atoms with Gasteiger partial charge < -0.3 is 9.15 Å². The number of aromatic nitrogens is 3. The number of nitrogens with zero attached hydrogens (tertiary/aromatic N) is 3. The maximum atomic E-state index is 13.1. The highest BCUT2D eigenvalue weighted by molar-refractivity contribution is 7.99. The lowest BCUT2D eigenvalue weighted by Gasteiger charge is -2.10. The molecule has 0 N–H and O–H groups in total. The summed E-state index contributed by atoms with van der Waals surface area (Å²) in [5.41, 5.74) is 0.846. The number of benzene rings is 2. The molecule has 0 atom stereocenters. The molecule has 0 bridgehead atoms. The highest BCUT2D eigenvalue weighted by Gasteiger charge is 2.18. The first-order valence-electron chi connectivity index (χ1n) is 10.2. The van der Waals surface area contributed by atoms with Crippen LogP contribution in [0.25, 0.3) is 11.4 Å². The van der Waals surface area contributed by atoms with Crippen LogP contribution in [-0.4, -0.2) is 41.8 Å². The lowest BCUT2D eigenvalue weighted by Crippen LogP contribution is -2.08. The molecule has 2 aromatic heterocycles. The Morgan fingerprint density at radius 3 is 2.64 bits per heavy atom. The number of hydrogen-bond donors (Lipinski definition) is 0. The minimum absolute atomic E-state index is 0.0410. The van der Waals surface area contributed by atoms with Crippen molar-refractivity contribution >= 4 is 21.6 Å². The second-order valence-electron chi connectivity index (χ2n) is 7.18. The van der Waals surface area contributed by atoms with E-state index in [4.69, 9.17) is 9.15 Å². The van der Waals surface area contributed by atoms with E-state index < -0.39 is 15.7 Å². The Morgan fingerprint density at radius 1 is 1.09 bits per heavy atom. The third-order valence-corrected chi connectivity index (χ3v) is 7.77. The second-order valence-corrected chi connectivity index (χ2v) is 10.3. The van der Waals surface area contributed by atoms with Crippen LogP contribution in [0.1, 0.15) is 12.2 Å². The number of halogens is 1. The van der Waals surface area contributed by atoms with Gasteiger partial charge in [-0.1, -0.05) is 23.9 Å². The van der Waals surface area contributed by atoms with E-state index in [9.17, 15) is 12.8 Å². The Kier molecular flexibility index (Phi) is 7.14. The molecule has 33 heavy (non-hydrogen) atoms. The number of hydrogen-bond acceptors (Lipinski definition) is 7. The summed E-state index contributed by atoms with van der Waals surface area (Å²) in [6, 6.07) is 16.1. The Hall–Kier alpha value is -3.11. The van der Waals surface area contributed by atoms with Crippen LogP contribution in [0.15, 0.2) is 81.4 Å². The lowest BCUT2D eigenvalue weighted by molar-refractivity contribution is 0.415. The Labute approximate surface area is 195 Å². The van der Waals surface area contributed by atoms with Crippen LogP contribution in [0, 0.1) is 5.82 Å². The highest BCUT2D eigenvalue weighted by Crippen LogP contribution is 2.28. The van der Waals surface area contributed by atoms with E-state index in [-0.39, 0.29) is 10.6 Å². The molecule has 0 aliphatic rings. The molecular formula is C23H22FN3O4S2. The molecule has 0 saturated heterocycles. The zero-order valence-corrected chi connectivity index (χ0v) is 19.5. The molecule has 0 aliphatic carbocycles. The van der Waals surface area contributed by atoms with E-state index in [2.05, 4.69) is 10.2 Å². The van der Waals surface area contributed by atoms with Gasteiger partial charge in [-0.05, 0) is 55.0 Å². The van der Waals surface area contributed by atoms with Gasteiger partial charge in [0.05, 0.1) is 30.6 Å². The van der Waals surface area contributed by atoms with E-state index in [0.29, 0.717) is 35.4 Å². The molecule has 4 aromatic rings. The fraction of sp³-hybridized carbons (Fsp3) is 0.217. The first kappa shape index (κ1) is 23.1. The largest absolute Gasteiger partial charge is 0.497 e. The van der Waals surface area contributed by atoms with Crippen molar-refractivity contribution in [3.63, 3.8) is 0 Å². The Morgan fingerprint density at radius 2 is 1.91 bits per heavy atom. The summed E-state index contributed by atoms with van der Waals surface area (Å²) < 4.78 is 50.8. The van der Waals surface area contributed by atoms with E-state index in [0.717, 1.165) is 23.5 Å². The van der Waals surface area contributed by atoms with Crippen molar-refractivity contribution in [3.8, 4) is 17.1 Å². The van der Waals surface area contributed by atoms with Gasteiger partial charge >= 0.3 is 0 Å². The van der Waals surface area contributed by atoms with Crippen molar-refractivity contribution in [1.82, 2.24) is 14.8 Å². The van der Waals surface area contributed by atoms with E-state index in [1.807, 2.05) is 41.0 Å². The standard InChI is InChI=1S/C23H22FN3O4S2/c1-30-19-6-2-5-17(15-19)22-25-26-23(27(22)16-20-7-3-12-31-20)32-13-4-14-33(28,29)21-10-8-18(24)9-11-21/h2-3,5-12,15H,4,13-14,16H2,1H3. The van der Waals surface area contributed by atoms with Crippen molar-refractivity contribution in [3.05, 3.63) is 78.5 Å². The van der Waals surface area contributed by atoms with Crippen LogP contribution in [0.5, 0.6) is 5.75 Å². The molecule has 0 saturated carbocycles. The first-order valence-corrected chi connectivity index (χ1v) is 12.8. The Bertz CT molecular complexity index is 1300. The van der Waals surface area contributed by atoms with Crippen LogP contribution >= 0.6 is 11.8 Å². The topological polar surface area (TPSA) is 87.2 Å². The average molecular weight is 488 g/mol. The molecule has 7 nitrogen and oxygen atoms in total. The lowest BCUT2D eigenvalue weighted by atomic mass is 10.2.